The quantitative estimate of drug-likeness (QED) is 0.403. The molecule has 28 heavy (non-hydrogen) atoms. The van der Waals surface area contributed by atoms with Crippen LogP contribution in [0, 0.1) is 17.2 Å². The summed E-state index contributed by atoms with van der Waals surface area (Å²) in [6.45, 7) is 0.779. The van der Waals surface area contributed by atoms with Gasteiger partial charge in [0.05, 0.1) is 29.6 Å². The average Bonchev–Trinajstić information content (AvgIpc) is 2.75. The molecule has 2 N–H and O–H groups in total. The van der Waals surface area contributed by atoms with E-state index >= 15 is 0 Å². The van der Waals surface area contributed by atoms with Gasteiger partial charge in [-0.05, 0) is 61.4 Å². The van der Waals surface area contributed by atoms with E-state index in [9.17, 15) is 0 Å². The van der Waals surface area contributed by atoms with Gasteiger partial charge in [-0.25, -0.2) is 0 Å². The normalized spacial score (nSPS) is 11.1. The van der Waals surface area contributed by atoms with Crippen LogP contribution in [0.1, 0.15) is 37.7 Å². The third kappa shape index (κ3) is 7.87. The summed E-state index contributed by atoms with van der Waals surface area (Å²) in [4.78, 5) is 0. The molecule has 0 amide bonds. The van der Waals surface area contributed by atoms with E-state index in [0.29, 0.717) is 17.9 Å². The first-order valence-electron chi connectivity index (χ1n) is 9.61. The maximum Gasteiger partial charge on any atom is 0.119 e. The summed E-state index contributed by atoms with van der Waals surface area (Å²) >= 11 is 0. The standard InChI is InChI=1S/C22H27N3O3/c23-15-18-6-8-20(9-7-18)24-25-21-10-12-22(13-11-21)28-14-4-2-1-3-5-19(16-26)17-27/h6-13,19,26-27H,1-5,14,16-17H2. The van der Waals surface area contributed by atoms with Gasteiger partial charge in [-0.15, -0.1) is 0 Å². The summed E-state index contributed by atoms with van der Waals surface area (Å²) in [6.07, 6.45) is 5.01. The second kappa shape index (κ2) is 12.6. The summed E-state index contributed by atoms with van der Waals surface area (Å²) in [5, 5.41) is 35.2. The highest BCUT2D eigenvalue weighted by molar-refractivity contribution is 5.44. The van der Waals surface area contributed by atoms with E-state index in [1.54, 1.807) is 24.3 Å². The molecule has 0 radical (unpaired) electrons. The van der Waals surface area contributed by atoms with Gasteiger partial charge in [0, 0.05) is 19.1 Å². The minimum Gasteiger partial charge on any atom is -0.494 e. The molecule has 0 spiro atoms. The summed E-state index contributed by atoms with van der Waals surface area (Å²) in [7, 11) is 0. The molecule has 0 aliphatic carbocycles. The Bertz CT molecular complexity index is 748. The molecule has 0 unspecified atom stereocenters. The third-order valence-electron chi connectivity index (χ3n) is 4.41. The molecule has 2 aromatic rings. The fourth-order valence-corrected chi connectivity index (χ4v) is 2.65. The number of nitriles is 1. The van der Waals surface area contributed by atoms with Gasteiger partial charge >= 0.3 is 0 Å². The Morgan fingerprint density at radius 3 is 1.96 bits per heavy atom. The molecule has 0 bridgehead atoms. The Hall–Kier alpha value is -2.75. The number of rotatable bonds is 12. The van der Waals surface area contributed by atoms with Crippen LogP contribution in [0.2, 0.25) is 0 Å². The zero-order valence-corrected chi connectivity index (χ0v) is 16.0. The second-order valence-corrected chi connectivity index (χ2v) is 6.64. The highest BCUT2D eigenvalue weighted by atomic mass is 16.5. The van der Waals surface area contributed by atoms with Crippen LogP contribution in [0.4, 0.5) is 11.4 Å². The Morgan fingerprint density at radius 2 is 1.39 bits per heavy atom. The third-order valence-corrected chi connectivity index (χ3v) is 4.41. The van der Waals surface area contributed by atoms with Gasteiger partial charge in [0.15, 0.2) is 0 Å². The molecule has 6 nitrogen and oxygen atoms in total. The van der Waals surface area contributed by atoms with Crippen molar-refractivity contribution in [3.8, 4) is 11.8 Å². The molecule has 0 aliphatic heterocycles. The zero-order valence-electron chi connectivity index (χ0n) is 16.0. The minimum absolute atomic E-state index is 0.0174. The molecule has 0 saturated heterocycles. The molecular formula is C22H27N3O3. The van der Waals surface area contributed by atoms with E-state index in [1.165, 1.54) is 0 Å². The summed E-state index contributed by atoms with van der Waals surface area (Å²) in [5.41, 5.74) is 2.03. The van der Waals surface area contributed by atoms with E-state index in [2.05, 4.69) is 16.3 Å². The zero-order chi connectivity index (χ0) is 20.0. The Morgan fingerprint density at radius 1 is 0.821 bits per heavy atom. The SMILES string of the molecule is N#Cc1ccc(N=Nc2ccc(OCCCCCCC(CO)CO)cc2)cc1. The number of unbranched alkanes of at least 4 members (excludes halogenated alkanes) is 3. The van der Waals surface area contributed by atoms with E-state index in [0.717, 1.165) is 43.5 Å². The Labute approximate surface area is 166 Å². The van der Waals surface area contributed by atoms with Crippen molar-refractivity contribution in [2.45, 2.75) is 32.1 Å². The van der Waals surface area contributed by atoms with Crippen LogP contribution in [0.25, 0.3) is 0 Å². The largest absolute Gasteiger partial charge is 0.494 e. The van der Waals surface area contributed by atoms with Crippen LogP contribution < -0.4 is 4.74 Å². The highest BCUT2D eigenvalue weighted by Gasteiger charge is 2.04. The lowest BCUT2D eigenvalue weighted by molar-refractivity contribution is 0.141. The number of ether oxygens (including phenoxy) is 1. The number of nitrogens with zero attached hydrogens (tertiary/aromatic N) is 3. The number of hydrogen-bond acceptors (Lipinski definition) is 6. The van der Waals surface area contributed by atoms with Crippen molar-refractivity contribution in [2.24, 2.45) is 16.1 Å². The first-order chi connectivity index (χ1) is 13.7. The maximum atomic E-state index is 9.02. The van der Waals surface area contributed by atoms with E-state index in [4.69, 9.17) is 20.2 Å². The fourth-order valence-electron chi connectivity index (χ4n) is 2.65. The maximum absolute atomic E-state index is 9.02. The van der Waals surface area contributed by atoms with Gasteiger partial charge in [-0.1, -0.05) is 19.3 Å². The molecule has 0 heterocycles. The lowest BCUT2D eigenvalue weighted by Gasteiger charge is -2.10. The molecule has 0 saturated carbocycles. The monoisotopic (exact) mass is 381 g/mol. The van der Waals surface area contributed by atoms with Gasteiger partial charge in [0.1, 0.15) is 5.75 Å². The van der Waals surface area contributed by atoms with E-state index in [1.807, 2.05) is 24.3 Å². The predicted molar refractivity (Wildman–Crippen MR) is 108 cm³/mol. The molecule has 0 aliphatic rings. The molecule has 0 fully saturated rings. The smallest absolute Gasteiger partial charge is 0.119 e. The summed E-state index contributed by atoms with van der Waals surface area (Å²) in [5.74, 6) is 0.821. The van der Waals surface area contributed by atoms with Crippen molar-refractivity contribution in [3.05, 3.63) is 54.1 Å². The number of benzene rings is 2. The summed E-state index contributed by atoms with van der Waals surface area (Å²) in [6, 6.07) is 16.5. The number of aliphatic hydroxyl groups is 2. The molecular weight excluding hydrogens is 354 g/mol. The average molecular weight is 381 g/mol. The van der Waals surface area contributed by atoms with Crippen molar-refractivity contribution < 1.29 is 14.9 Å². The minimum atomic E-state index is 0.0174. The Kier molecular flexibility index (Phi) is 9.70. The van der Waals surface area contributed by atoms with Crippen LogP contribution >= 0.6 is 0 Å². The van der Waals surface area contributed by atoms with Gasteiger partial charge in [-0.3, -0.25) is 0 Å². The number of azo groups is 1. The van der Waals surface area contributed by atoms with Crippen LogP contribution in [-0.4, -0.2) is 30.0 Å². The number of hydrogen-bond donors (Lipinski definition) is 2. The van der Waals surface area contributed by atoms with Crippen LogP contribution in [0.3, 0.4) is 0 Å². The molecule has 2 rings (SSSR count). The number of aliphatic hydroxyl groups excluding tert-OH is 2. The van der Waals surface area contributed by atoms with Gasteiger partial charge in [0.2, 0.25) is 0 Å². The first kappa shape index (κ1) is 21.5. The molecule has 2 aromatic carbocycles. The van der Waals surface area contributed by atoms with Crippen molar-refractivity contribution in [1.82, 2.24) is 0 Å². The lowest BCUT2D eigenvalue weighted by atomic mass is 10.0. The van der Waals surface area contributed by atoms with E-state index in [-0.39, 0.29) is 19.1 Å². The lowest BCUT2D eigenvalue weighted by Crippen LogP contribution is -2.10. The van der Waals surface area contributed by atoms with Crippen LogP contribution in [0.15, 0.2) is 58.8 Å². The topological polar surface area (TPSA) is 98.2 Å². The fraction of sp³-hybridized carbons (Fsp3) is 0.409. The van der Waals surface area contributed by atoms with E-state index < -0.39 is 0 Å². The molecule has 0 aromatic heterocycles. The van der Waals surface area contributed by atoms with Gasteiger partial charge in [0.25, 0.3) is 0 Å². The second-order valence-electron chi connectivity index (χ2n) is 6.64. The van der Waals surface area contributed by atoms with Crippen LogP contribution in [-0.2, 0) is 0 Å². The van der Waals surface area contributed by atoms with Crippen molar-refractivity contribution in [3.63, 3.8) is 0 Å². The van der Waals surface area contributed by atoms with Crippen molar-refractivity contribution in [2.75, 3.05) is 19.8 Å². The first-order valence-corrected chi connectivity index (χ1v) is 9.61. The van der Waals surface area contributed by atoms with Gasteiger partial charge < -0.3 is 14.9 Å². The Balaban J connectivity index is 1.65. The van der Waals surface area contributed by atoms with Crippen molar-refractivity contribution in [1.29, 1.82) is 5.26 Å². The molecule has 148 valence electrons. The molecule has 6 heteroatoms. The van der Waals surface area contributed by atoms with Crippen LogP contribution in [0.5, 0.6) is 5.75 Å². The van der Waals surface area contributed by atoms with Crippen molar-refractivity contribution >= 4 is 11.4 Å². The highest BCUT2D eigenvalue weighted by Crippen LogP contribution is 2.22. The van der Waals surface area contributed by atoms with Gasteiger partial charge in [-0.2, -0.15) is 15.5 Å². The predicted octanol–water partition coefficient (Wildman–Crippen LogP) is 4.90. The summed E-state index contributed by atoms with van der Waals surface area (Å²) < 4.78 is 5.74. The molecule has 0 atom stereocenters.